The number of hydrogen-bond donors (Lipinski definition) is 0. The highest BCUT2D eigenvalue weighted by Crippen LogP contribution is 2.43. The van der Waals surface area contributed by atoms with Crippen LogP contribution in [0.2, 0.25) is 0 Å². The fourth-order valence-corrected chi connectivity index (χ4v) is 3.94. The van der Waals surface area contributed by atoms with Gasteiger partial charge in [0.15, 0.2) is 0 Å². The summed E-state index contributed by atoms with van der Waals surface area (Å²) >= 11 is 1.54. The lowest BCUT2D eigenvalue weighted by Crippen LogP contribution is -2.27. The molecule has 0 bridgehead atoms. The molecule has 1 atom stereocenters. The van der Waals surface area contributed by atoms with Crippen LogP contribution in [-0.2, 0) is 11.3 Å². The monoisotopic (exact) mass is 365 g/mol. The maximum absolute atomic E-state index is 12.3. The molecule has 0 aliphatic carbocycles. The van der Waals surface area contributed by atoms with Crippen LogP contribution in [0.25, 0.3) is 0 Å². The second kappa shape index (κ2) is 7.74. The summed E-state index contributed by atoms with van der Waals surface area (Å²) in [5.74, 6) is 1.27. The Kier molecular flexibility index (Phi) is 5.43. The Morgan fingerprint density at radius 2 is 1.92 bits per heavy atom. The van der Waals surface area contributed by atoms with Crippen LogP contribution in [0.15, 0.2) is 48.5 Å². The van der Waals surface area contributed by atoms with Crippen molar-refractivity contribution >= 4 is 17.7 Å². The molecule has 1 heterocycles. The Balaban J connectivity index is 1.78. The van der Waals surface area contributed by atoms with Crippen molar-refractivity contribution in [1.82, 2.24) is 4.90 Å². The van der Waals surface area contributed by atoms with Crippen molar-refractivity contribution in [3.63, 3.8) is 0 Å². The first-order chi connectivity index (χ1) is 12.1. The number of para-hydroxylation sites is 1. The largest absolute Gasteiger partial charge is 0.496 e. The summed E-state index contributed by atoms with van der Waals surface area (Å²) in [6.07, 6.45) is 0. The SMILES string of the molecule is COc1ccccc1C1SCC(=O)N1Cc1ccc(OC(F)F)cc1. The van der Waals surface area contributed by atoms with Crippen molar-refractivity contribution in [3.8, 4) is 11.5 Å². The second-order valence-corrected chi connectivity index (χ2v) is 6.52. The molecule has 1 aliphatic heterocycles. The molecule has 132 valence electrons. The molecule has 3 rings (SSSR count). The maximum Gasteiger partial charge on any atom is 0.387 e. The molecule has 25 heavy (non-hydrogen) atoms. The standard InChI is InChI=1S/C18H17F2NO3S/c1-23-15-5-3-2-4-14(15)17-21(16(22)11-25-17)10-12-6-8-13(9-7-12)24-18(19)20/h2-9,17-18H,10-11H2,1H3. The van der Waals surface area contributed by atoms with Gasteiger partial charge in [0.25, 0.3) is 0 Å². The highest BCUT2D eigenvalue weighted by Gasteiger charge is 2.34. The molecule has 7 heteroatoms. The van der Waals surface area contributed by atoms with Gasteiger partial charge in [-0.05, 0) is 23.8 Å². The lowest BCUT2D eigenvalue weighted by Gasteiger charge is -2.25. The molecule has 2 aromatic rings. The number of methoxy groups -OCH3 is 1. The van der Waals surface area contributed by atoms with Gasteiger partial charge >= 0.3 is 6.61 Å². The Labute approximate surface area is 148 Å². The topological polar surface area (TPSA) is 38.8 Å². The normalized spacial score (nSPS) is 17.2. The van der Waals surface area contributed by atoms with E-state index in [4.69, 9.17) is 4.74 Å². The van der Waals surface area contributed by atoms with Gasteiger partial charge in [0.2, 0.25) is 5.91 Å². The van der Waals surface area contributed by atoms with Crippen molar-refractivity contribution in [2.75, 3.05) is 12.9 Å². The number of nitrogens with zero attached hydrogens (tertiary/aromatic N) is 1. The van der Waals surface area contributed by atoms with E-state index in [1.807, 2.05) is 24.3 Å². The van der Waals surface area contributed by atoms with Gasteiger partial charge in [-0.15, -0.1) is 11.8 Å². The van der Waals surface area contributed by atoms with E-state index in [1.54, 1.807) is 35.9 Å². The lowest BCUT2D eigenvalue weighted by atomic mass is 10.1. The zero-order valence-electron chi connectivity index (χ0n) is 13.5. The lowest BCUT2D eigenvalue weighted by molar-refractivity contribution is -0.128. The maximum atomic E-state index is 12.3. The van der Waals surface area contributed by atoms with Crippen molar-refractivity contribution in [1.29, 1.82) is 0 Å². The van der Waals surface area contributed by atoms with Crippen molar-refractivity contribution in [2.24, 2.45) is 0 Å². The molecule has 1 aliphatic rings. The number of amides is 1. The van der Waals surface area contributed by atoms with E-state index in [1.165, 1.54) is 12.1 Å². The number of thioether (sulfide) groups is 1. The molecule has 0 N–H and O–H groups in total. The van der Waals surface area contributed by atoms with Gasteiger partial charge in [0.05, 0.1) is 12.9 Å². The first kappa shape index (κ1) is 17.5. The minimum atomic E-state index is -2.85. The van der Waals surface area contributed by atoms with Crippen LogP contribution in [0.5, 0.6) is 11.5 Å². The van der Waals surface area contributed by atoms with Crippen molar-refractivity contribution in [3.05, 3.63) is 59.7 Å². The molecule has 1 saturated heterocycles. The van der Waals surface area contributed by atoms with Crippen LogP contribution < -0.4 is 9.47 Å². The van der Waals surface area contributed by atoms with E-state index in [0.29, 0.717) is 12.3 Å². The molecule has 2 aromatic carbocycles. The number of hydrogen-bond acceptors (Lipinski definition) is 4. The van der Waals surface area contributed by atoms with Crippen LogP contribution in [0, 0.1) is 0 Å². The molecule has 1 fully saturated rings. The van der Waals surface area contributed by atoms with Crippen molar-refractivity contribution in [2.45, 2.75) is 18.5 Å². The van der Waals surface area contributed by atoms with E-state index in [2.05, 4.69) is 4.74 Å². The Bertz CT molecular complexity index is 739. The van der Waals surface area contributed by atoms with Gasteiger partial charge in [-0.25, -0.2) is 0 Å². The molecule has 0 saturated carbocycles. The number of benzene rings is 2. The number of carbonyl (C=O) groups excluding carboxylic acids is 1. The molecule has 1 unspecified atom stereocenters. The minimum Gasteiger partial charge on any atom is -0.496 e. The third-order valence-electron chi connectivity index (χ3n) is 3.87. The van der Waals surface area contributed by atoms with Gasteiger partial charge in [0.1, 0.15) is 16.9 Å². The average molecular weight is 365 g/mol. The predicted molar refractivity (Wildman–Crippen MR) is 91.8 cm³/mol. The predicted octanol–water partition coefficient (Wildman–Crippen LogP) is 4.07. The molecule has 0 spiro atoms. The average Bonchev–Trinajstić information content (AvgIpc) is 2.96. The number of carbonyl (C=O) groups is 1. The summed E-state index contributed by atoms with van der Waals surface area (Å²) in [4.78, 5) is 14.1. The second-order valence-electron chi connectivity index (χ2n) is 5.45. The highest BCUT2D eigenvalue weighted by molar-refractivity contribution is 8.00. The third kappa shape index (κ3) is 4.04. The number of rotatable bonds is 6. The van der Waals surface area contributed by atoms with Gasteiger partial charge in [-0.1, -0.05) is 30.3 Å². The van der Waals surface area contributed by atoms with Gasteiger partial charge < -0.3 is 14.4 Å². The summed E-state index contributed by atoms with van der Waals surface area (Å²) in [5.41, 5.74) is 1.79. The van der Waals surface area contributed by atoms with Gasteiger partial charge in [-0.2, -0.15) is 8.78 Å². The van der Waals surface area contributed by atoms with Gasteiger partial charge in [-0.3, -0.25) is 4.79 Å². The Hall–Kier alpha value is -2.28. The van der Waals surface area contributed by atoms with Crippen LogP contribution in [0.4, 0.5) is 8.78 Å². The quantitative estimate of drug-likeness (QED) is 0.774. The summed E-state index contributed by atoms with van der Waals surface area (Å²) in [6.45, 7) is -2.46. The highest BCUT2D eigenvalue weighted by atomic mass is 32.2. The molecule has 0 radical (unpaired) electrons. The molecule has 1 amide bonds. The zero-order chi connectivity index (χ0) is 17.8. The van der Waals surface area contributed by atoms with Crippen LogP contribution >= 0.6 is 11.8 Å². The van der Waals surface area contributed by atoms with Crippen LogP contribution in [0.1, 0.15) is 16.5 Å². The summed E-state index contributed by atoms with van der Waals surface area (Å²) in [6, 6.07) is 13.9. The van der Waals surface area contributed by atoms with E-state index in [-0.39, 0.29) is 17.0 Å². The summed E-state index contributed by atoms with van der Waals surface area (Å²) in [7, 11) is 1.60. The van der Waals surface area contributed by atoms with Crippen LogP contribution in [-0.4, -0.2) is 30.3 Å². The Morgan fingerprint density at radius 3 is 2.60 bits per heavy atom. The number of ether oxygens (including phenoxy) is 2. The molecule has 0 aromatic heterocycles. The molecular weight excluding hydrogens is 348 g/mol. The number of halogens is 2. The Morgan fingerprint density at radius 1 is 1.20 bits per heavy atom. The third-order valence-corrected chi connectivity index (χ3v) is 5.11. The minimum absolute atomic E-state index is 0.0359. The zero-order valence-corrected chi connectivity index (χ0v) is 14.3. The van der Waals surface area contributed by atoms with E-state index >= 15 is 0 Å². The summed E-state index contributed by atoms with van der Waals surface area (Å²) < 4.78 is 34.2. The van der Waals surface area contributed by atoms with E-state index in [9.17, 15) is 13.6 Å². The first-order valence-corrected chi connectivity index (χ1v) is 8.71. The molecule has 4 nitrogen and oxygen atoms in total. The van der Waals surface area contributed by atoms with Crippen LogP contribution in [0.3, 0.4) is 0 Å². The van der Waals surface area contributed by atoms with E-state index < -0.39 is 6.61 Å². The molecular formula is C18H17F2NO3S. The van der Waals surface area contributed by atoms with E-state index in [0.717, 1.165) is 16.9 Å². The number of alkyl halides is 2. The van der Waals surface area contributed by atoms with Gasteiger partial charge in [0, 0.05) is 12.1 Å². The fraction of sp³-hybridized carbons (Fsp3) is 0.278. The fourth-order valence-electron chi connectivity index (χ4n) is 2.73. The first-order valence-electron chi connectivity index (χ1n) is 7.66. The van der Waals surface area contributed by atoms with Crippen molar-refractivity contribution < 1.29 is 23.0 Å². The summed E-state index contributed by atoms with van der Waals surface area (Å²) in [5, 5.41) is -0.138. The smallest absolute Gasteiger partial charge is 0.387 e.